The fourth-order valence-corrected chi connectivity index (χ4v) is 5.63. The van der Waals surface area contributed by atoms with Gasteiger partial charge in [-0.3, -0.25) is 24.0 Å². The molecule has 43 heavy (non-hydrogen) atoms. The summed E-state index contributed by atoms with van der Waals surface area (Å²) in [6.07, 6.45) is 2.87. The molecule has 1 fully saturated rings. The number of hydrogen-bond acceptors (Lipinski definition) is 9. The van der Waals surface area contributed by atoms with Crippen molar-refractivity contribution in [3.8, 4) is 5.75 Å². The summed E-state index contributed by atoms with van der Waals surface area (Å²) in [4.78, 5) is 66.7. The van der Waals surface area contributed by atoms with Crippen molar-refractivity contribution in [2.75, 3.05) is 25.1 Å². The summed E-state index contributed by atoms with van der Waals surface area (Å²) >= 11 is 1.47. The Bertz CT molecular complexity index is 1290. The number of benzene rings is 2. The number of hydrogen-bond donors (Lipinski definition) is 6. The number of phenols is 1. The molecule has 0 radical (unpaired) electrons. The van der Waals surface area contributed by atoms with Crippen molar-refractivity contribution < 1.29 is 29.1 Å². The van der Waals surface area contributed by atoms with E-state index in [1.54, 1.807) is 12.1 Å². The zero-order chi connectivity index (χ0) is 31.6. The summed E-state index contributed by atoms with van der Waals surface area (Å²) < 4.78 is 0. The van der Waals surface area contributed by atoms with Gasteiger partial charge in [0.25, 0.3) is 5.91 Å². The number of Topliss-reactive ketones (excluding diaryl/α,β-unsaturated/α-hetero) is 1. The number of primary amides is 1. The van der Waals surface area contributed by atoms with Gasteiger partial charge in [0.2, 0.25) is 17.7 Å². The average molecular weight is 613 g/mol. The lowest BCUT2D eigenvalue weighted by Gasteiger charge is -2.36. The Hall–Kier alpha value is -3.94. The van der Waals surface area contributed by atoms with Crippen molar-refractivity contribution in [3.63, 3.8) is 0 Å². The Morgan fingerprint density at radius 3 is 2.21 bits per heavy atom. The molecule has 2 aromatic rings. The Morgan fingerprint density at radius 2 is 1.58 bits per heavy atom. The molecule has 1 aliphatic rings. The smallest absolute Gasteiger partial charge is 0.251 e. The van der Waals surface area contributed by atoms with E-state index in [0.717, 1.165) is 16.0 Å². The topological polar surface area (TPSA) is 211 Å². The third kappa shape index (κ3) is 8.55. The molecule has 1 aliphatic heterocycles. The maximum Gasteiger partial charge on any atom is 0.251 e. The number of nitrogens with one attached hydrogen (secondary N) is 2. The van der Waals surface area contributed by atoms with E-state index >= 15 is 0 Å². The van der Waals surface area contributed by atoms with Gasteiger partial charge in [-0.25, -0.2) is 0 Å². The third-order valence-electron chi connectivity index (χ3n) is 7.53. The first-order valence-electron chi connectivity index (χ1n) is 14.0. The van der Waals surface area contributed by atoms with Gasteiger partial charge >= 0.3 is 0 Å². The number of thioether (sulfide) groups is 1. The van der Waals surface area contributed by atoms with E-state index < -0.39 is 59.6 Å². The lowest BCUT2D eigenvalue weighted by atomic mass is 9.88. The van der Waals surface area contributed by atoms with Gasteiger partial charge in [-0.05, 0) is 67.4 Å². The minimum absolute atomic E-state index is 0.0135. The van der Waals surface area contributed by atoms with Crippen LogP contribution in [0, 0.1) is 0 Å². The highest BCUT2D eigenvalue weighted by Crippen LogP contribution is 2.31. The van der Waals surface area contributed by atoms with Crippen LogP contribution in [0.2, 0.25) is 0 Å². The SMILES string of the molecule is CSCC[C@@H](NC(=O)[C@@H](N)Cc1ccc(O)cc1)C(=O)NCC(=O)[C@@]1(C(N)=O)CCCN1C(=O)[C@@H](N)Cc1ccccc1. The highest BCUT2D eigenvalue weighted by Gasteiger charge is 2.54. The number of ketones is 1. The molecular formula is C30H40N6O6S. The summed E-state index contributed by atoms with van der Waals surface area (Å²) in [5.74, 6) is -2.87. The standard InChI is InChI=1S/C30H40N6O6S/c1-43-15-12-24(35-26(39)22(31)16-20-8-10-21(37)11-9-20)27(40)34-18-25(38)30(29(33)42)13-5-14-36(30)28(41)23(32)17-19-6-3-2-4-7-19/h2-4,6-11,22-24,37H,5,12-18,31-32H2,1H3,(H2,33,42)(H,34,40)(H,35,39)/t22-,23-,24+,30+/m0/s1. The molecule has 0 aliphatic carbocycles. The Labute approximate surface area is 255 Å². The van der Waals surface area contributed by atoms with E-state index in [1.165, 1.54) is 23.9 Å². The maximum atomic E-state index is 13.5. The van der Waals surface area contributed by atoms with Crippen LogP contribution in [0.5, 0.6) is 5.75 Å². The lowest BCUT2D eigenvalue weighted by molar-refractivity contribution is -0.151. The molecule has 3 rings (SSSR count). The molecule has 0 bridgehead atoms. The van der Waals surface area contributed by atoms with E-state index in [0.29, 0.717) is 12.2 Å². The van der Waals surface area contributed by atoms with Crippen LogP contribution in [0.3, 0.4) is 0 Å². The van der Waals surface area contributed by atoms with Crippen LogP contribution in [0.15, 0.2) is 54.6 Å². The molecule has 4 atom stereocenters. The number of nitrogens with zero attached hydrogens (tertiary/aromatic N) is 1. The van der Waals surface area contributed by atoms with Gasteiger partial charge in [-0.15, -0.1) is 0 Å². The van der Waals surface area contributed by atoms with Gasteiger partial charge < -0.3 is 37.8 Å². The summed E-state index contributed by atoms with van der Waals surface area (Å²) in [5, 5.41) is 14.6. The maximum absolute atomic E-state index is 13.5. The summed E-state index contributed by atoms with van der Waals surface area (Å²) in [6, 6.07) is 12.4. The fourth-order valence-electron chi connectivity index (χ4n) is 5.15. The summed E-state index contributed by atoms with van der Waals surface area (Å²) in [7, 11) is 0. The first-order chi connectivity index (χ1) is 20.5. The van der Waals surface area contributed by atoms with Gasteiger partial charge in [0, 0.05) is 6.54 Å². The zero-order valence-electron chi connectivity index (χ0n) is 24.2. The van der Waals surface area contributed by atoms with Crippen LogP contribution in [-0.4, -0.2) is 88.2 Å². The van der Waals surface area contributed by atoms with Crippen molar-refractivity contribution in [2.24, 2.45) is 17.2 Å². The van der Waals surface area contributed by atoms with Crippen molar-refractivity contribution in [2.45, 2.75) is 55.8 Å². The van der Waals surface area contributed by atoms with E-state index in [-0.39, 0.29) is 38.0 Å². The largest absolute Gasteiger partial charge is 0.508 e. The second kappa shape index (κ2) is 15.5. The number of phenolic OH excluding ortho intramolecular Hbond substituents is 1. The first kappa shape index (κ1) is 33.6. The second-order valence-electron chi connectivity index (χ2n) is 10.6. The minimum Gasteiger partial charge on any atom is -0.508 e. The number of carbonyl (C=O) groups excluding carboxylic acids is 5. The summed E-state index contributed by atoms with van der Waals surface area (Å²) in [5.41, 5.74) is 17.6. The first-order valence-corrected chi connectivity index (χ1v) is 15.4. The number of aromatic hydroxyl groups is 1. The number of amides is 4. The molecule has 232 valence electrons. The van der Waals surface area contributed by atoms with E-state index in [2.05, 4.69) is 10.6 Å². The van der Waals surface area contributed by atoms with Gasteiger partial charge in [-0.2, -0.15) is 11.8 Å². The number of nitrogens with two attached hydrogens (primary N) is 3. The Kier molecular flexibility index (Phi) is 12.1. The van der Waals surface area contributed by atoms with Crippen LogP contribution < -0.4 is 27.8 Å². The molecule has 13 heteroatoms. The molecule has 1 heterocycles. The highest BCUT2D eigenvalue weighted by molar-refractivity contribution is 7.98. The molecule has 1 saturated heterocycles. The van der Waals surface area contributed by atoms with Crippen molar-refractivity contribution in [1.82, 2.24) is 15.5 Å². The monoisotopic (exact) mass is 612 g/mol. The number of rotatable bonds is 15. The average Bonchev–Trinajstić information content (AvgIpc) is 3.45. The van der Waals surface area contributed by atoms with Crippen LogP contribution in [0.1, 0.15) is 30.4 Å². The van der Waals surface area contributed by atoms with Gasteiger partial charge in [0.15, 0.2) is 11.3 Å². The number of carbonyl (C=O) groups is 5. The highest BCUT2D eigenvalue weighted by atomic mass is 32.2. The Morgan fingerprint density at radius 1 is 0.953 bits per heavy atom. The van der Waals surface area contributed by atoms with Crippen LogP contribution in [0.25, 0.3) is 0 Å². The molecule has 2 aromatic carbocycles. The molecule has 4 amide bonds. The Balaban J connectivity index is 1.66. The lowest BCUT2D eigenvalue weighted by Crippen LogP contribution is -2.65. The van der Waals surface area contributed by atoms with Crippen molar-refractivity contribution in [3.05, 3.63) is 65.7 Å². The minimum atomic E-state index is -1.94. The van der Waals surface area contributed by atoms with E-state index in [1.807, 2.05) is 36.6 Å². The van der Waals surface area contributed by atoms with Gasteiger partial charge in [0.05, 0.1) is 18.6 Å². The van der Waals surface area contributed by atoms with Gasteiger partial charge in [0.1, 0.15) is 11.8 Å². The normalized spacial score (nSPS) is 18.3. The third-order valence-corrected chi connectivity index (χ3v) is 8.17. The molecule has 0 spiro atoms. The molecule has 0 unspecified atom stereocenters. The molecule has 12 nitrogen and oxygen atoms in total. The zero-order valence-corrected chi connectivity index (χ0v) is 25.0. The quantitative estimate of drug-likeness (QED) is 0.144. The molecular weight excluding hydrogens is 572 g/mol. The van der Waals surface area contributed by atoms with Gasteiger partial charge in [-0.1, -0.05) is 42.5 Å². The van der Waals surface area contributed by atoms with Crippen LogP contribution in [0.4, 0.5) is 0 Å². The predicted molar refractivity (Wildman–Crippen MR) is 164 cm³/mol. The molecule has 9 N–H and O–H groups in total. The van der Waals surface area contributed by atoms with Crippen molar-refractivity contribution in [1.29, 1.82) is 0 Å². The van der Waals surface area contributed by atoms with E-state index in [9.17, 15) is 29.1 Å². The number of likely N-dealkylation sites (tertiary alicyclic amines) is 1. The molecule has 0 saturated carbocycles. The van der Waals surface area contributed by atoms with E-state index in [4.69, 9.17) is 17.2 Å². The molecule has 0 aromatic heterocycles. The fraction of sp³-hybridized carbons (Fsp3) is 0.433. The van der Waals surface area contributed by atoms with Crippen LogP contribution >= 0.6 is 11.8 Å². The summed E-state index contributed by atoms with van der Waals surface area (Å²) in [6.45, 7) is -0.458. The van der Waals surface area contributed by atoms with Crippen LogP contribution in [-0.2, 0) is 36.8 Å². The van der Waals surface area contributed by atoms with Crippen molar-refractivity contribution >= 4 is 41.2 Å². The second-order valence-corrected chi connectivity index (χ2v) is 11.6. The predicted octanol–water partition coefficient (Wildman–Crippen LogP) is -0.398.